The molecule has 0 heterocycles. The Morgan fingerprint density at radius 2 is 1.59 bits per heavy atom. The average molecular weight is 369 g/mol. The molecule has 0 unspecified atom stereocenters. The number of esters is 1. The monoisotopic (exact) mass is 368 g/mol. The molecule has 146 valence electrons. The van der Waals surface area contributed by atoms with Crippen LogP contribution >= 0.6 is 0 Å². The van der Waals surface area contributed by atoms with Crippen LogP contribution in [-0.4, -0.2) is 11.1 Å². The summed E-state index contributed by atoms with van der Waals surface area (Å²) in [7, 11) is 0. The average Bonchev–Trinajstić information content (AvgIpc) is 2.65. The summed E-state index contributed by atoms with van der Waals surface area (Å²) in [5.41, 5.74) is 4.19. The summed E-state index contributed by atoms with van der Waals surface area (Å²) < 4.78 is 5.44. The Morgan fingerprint density at radius 1 is 0.963 bits per heavy atom. The van der Waals surface area contributed by atoms with Gasteiger partial charge in [0.15, 0.2) is 0 Å². The molecule has 0 aliphatic rings. The Hall–Kier alpha value is -2.29. The Kier molecular flexibility index (Phi) is 8.38. The van der Waals surface area contributed by atoms with E-state index in [4.69, 9.17) is 4.74 Å². The summed E-state index contributed by atoms with van der Waals surface area (Å²) in [5, 5.41) is 10.6. The molecule has 27 heavy (non-hydrogen) atoms. The van der Waals surface area contributed by atoms with Gasteiger partial charge in [0.05, 0.1) is 0 Å². The van der Waals surface area contributed by atoms with E-state index in [1.807, 2.05) is 25.1 Å². The fourth-order valence-electron chi connectivity index (χ4n) is 3.20. The lowest BCUT2D eigenvalue weighted by Crippen LogP contribution is -2.09. The minimum absolute atomic E-state index is 0.223. The van der Waals surface area contributed by atoms with Crippen LogP contribution in [0.1, 0.15) is 68.2 Å². The summed E-state index contributed by atoms with van der Waals surface area (Å²) in [5.74, 6) is 0.819. The Bertz CT molecular complexity index is 720. The standard InChI is InChI=1S/C24H32O3/c1-4-6-10-20-16-19(17-21(24(20)26)11-7-5-2)13-14-23(25)27-22-12-8-9-18(3)15-22/h8-9,12,15-17,26H,4-7,10-11,13-14H2,1-3H3. The summed E-state index contributed by atoms with van der Waals surface area (Å²) in [6.45, 7) is 6.28. The molecule has 0 aliphatic heterocycles. The minimum atomic E-state index is -0.223. The first-order valence-corrected chi connectivity index (χ1v) is 10.1. The molecular formula is C24H32O3. The normalized spacial score (nSPS) is 10.8. The quantitative estimate of drug-likeness (QED) is 0.418. The molecule has 0 aromatic heterocycles. The SMILES string of the molecule is CCCCc1cc(CCC(=O)Oc2cccc(C)c2)cc(CCCC)c1O. The molecule has 3 nitrogen and oxygen atoms in total. The van der Waals surface area contributed by atoms with Gasteiger partial charge in [-0.25, -0.2) is 0 Å². The topological polar surface area (TPSA) is 46.5 Å². The van der Waals surface area contributed by atoms with Crippen LogP contribution in [0.2, 0.25) is 0 Å². The molecule has 0 radical (unpaired) electrons. The zero-order chi connectivity index (χ0) is 19.6. The van der Waals surface area contributed by atoms with Gasteiger partial charge in [0.1, 0.15) is 11.5 Å². The van der Waals surface area contributed by atoms with Gasteiger partial charge in [-0.05, 0) is 73.4 Å². The lowest BCUT2D eigenvalue weighted by molar-refractivity contribution is -0.134. The van der Waals surface area contributed by atoms with Crippen LogP contribution in [-0.2, 0) is 24.1 Å². The van der Waals surface area contributed by atoms with Gasteiger partial charge in [0.2, 0.25) is 0 Å². The van der Waals surface area contributed by atoms with E-state index in [1.165, 1.54) is 0 Å². The third kappa shape index (κ3) is 6.74. The molecule has 0 fully saturated rings. The van der Waals surface area contributed by atoms with Gasteiger partial charge in [-0.15, -0.1) is 0 Å². The van der Waals surface area contributed by atoms with Gasteiger partial charge in [-0.1, -0.05) is 51.0 Å². The van der Waals surface area contributed by atoms with Crippen molar-refractivity contribution in [2.75, 3.05) is 0 Å². The maximum absolute atomic E-state index is 12.2. The lowest BCUT2D eigenvalue weighted by atomic mass is 9.95. The van der Waals surface area contributed by atoms with E-state index in [0.29, 0.717) is 24.3 Å². The van der Waals surface area contributed by atoms with Crippen molar-refractivity contribution in [3.8, 4) is 11.5 Å². The number of aromatic hydroxyl groups is 1. The number of carbonyl (C=O) groups is 1. The molecule has 2 aromatic carbocycles. The Labute approximate surface area is 163 Å². The molecule has 1 N–H and O–H groups in total. The van der Waals surface area contributed by atoms with Gasteiger partial charge in [0, 0.05) is 6.42 Å². The maximum atomic E-state index is 12.2. The van der Waals surface area contributed by atoms with Crippen LogP contribution < -0.4 is 4.74 Å². The van der Waals surface area contributed by atoms with E-state index in [0.717, 1.165) is 60.8 Å². The van der Waals surface area contributed by atoms with Gasteiger partial charge in [-0.2, -0.15) is 0 Å². The number of hydrogen-bond donors (Lipinski definition) is 1. The second-order valence-corrected chi connectivity index (χ2v) is 7.26. The van der Waals surface area contributed by atoms with E-state index in [2.05, 4.69) is 26.0 Å². The number of rotatable bonds is 10. The highest BCUT2D eigenvalue weighted by molar-refractivity contribution is 5.72. The van der Waals surface area contributed by atoms with Gasteiger partial charge in [-0.3, -0.25) is 4.79 Å². The summed E-state index contributed by atoms with van der Waals surface area (Å²) >= 11 is 0. The third-order valence-corrected chi connectivity index (χ3v) is 4.77. The minimum Gasteiger partial charge on any atom is -0.507 e. The fourth-order valence-corrected chi connectivity index (χ4v) is 3.20. The van der Waals surface area contributed by atoms with E-state index in [9.17, 15) is 9.90 Å². The predicted octanol–water partition coefficient (Wildman–Crippen LogP) is 5.92. The molecule has 0 saturated carbocycles. The number of phenols is 1. The van der Waals surface area contributed by atoms with Crippen molar-refractivity contribution in [3.05, 3.63) is 58.7 Å². The van der Waals surface area contributed by atoms with Crippen LogP contribution in [0.5, 0.6) is 11.5 Å². The summed E-state index contributed by atoms with van der Waals surface area (Å²) in [6.07, 6.45) is 7.02. The number of ether oxygens (including phenoxy) is 1. The number of carbonyl (C=O) groups excluding carboxylic acids is 1. The molecule has 0 saturated heterocycles. The van der Waals surface area contributed by atoms with Gasteiger partial charge in [0.25, 0.3) is 0 Å². The second kappa shape index (κ2) is 10.8. The number of hydrogen-bond acceptors (Lipinski definition) is 3. The van der Waals surface area contributed by atoms with Crippen molar-refractivity contribution in [2.45, 2.75) is 72.1 Å². The Balaban J connectivity index is 2.05. The Morgan fingerprint density at radius 3 is 2.15 bits per heavy atom. The van der Waals surface area contributed by atoms with Crippen molar-refractivity contribution < 1.29 is 14.6 Å². The molecule has 0 aliphatic carbocycles. The van der Waals surface area contributed by atoms with Crippen LogP contribution in [0, 0.1) is 6.92 Å². The molecule has 3 heteroatoms. The molecule has 2 aromatic rings. The van der Waals surface area contributed by atoms with Crippen LogP contribution in [0.3, 0.4) is 0 Å². The van der Waals surface area contributed by atoms with E-state index < -0.39 is 0 Å². The van der Waals surface area contributed by atoms with Crippen molar-refractivity contribution in [1.29, 1.82) is 0 Å². The fraction of sp³-hybridized carbons (Fsp3) is 0.458. The number of unbranched alkanes of at least 4 members (excludes halogenated alkanes) is 2. The number of benzene rings is 2. The molecule has 0 spiro atoms. The van der Waals surface area contributed by atoms with E-state index in [-0.39, 0.29) is 5.97 Å². The number of aryl methyl sites for hydroxylation is 4. The smallest absolute Gasteiger partial charge is 0.311 e. The van der Waals surface area contributed by atoms with Gasteiger partial charge < -0.3 is 9.84 Å². The largest absolute Gasteiger partial charge is 0.507 e. The highest BCUT2D eigenvalue weighted by Gasteiger charge is 2.12. The van der Waals surface area contributed by atoms with Crippen LogP contribution in [0.4, 0.5) is 0 Å². The molecule has 2 rings (SSSR count). The number of phenolic OH excluding ortho intramolecular Hbond substituents is 1. The van der Waals surface area contributed by atoms with Crippen LogP contribution in [0.25, 0.3) is 0 Å². The van der Waals surface area contributed by atoms with Gasteiger partial charge >= 0.3 is 5.97 Å². The molecule has 0 atom stereocenters. The zero-order valence-electron chi connectivity index (χ0n) is 16.9. The van der Waals surface area contributed by atoms with Crippen LogP contribution in [0.15, 0.2) is 36.4 Å². The first-order valence-electron chi connectivity index (χ1n) is 10.1. The maximum Gasteiger partial charge on any atom is 0.311 e. The van der Waals surface area contributed by atoms with Crippen molar-refractivity contribution >= 4 is 5.97 Å². The second-order valence-electron chi connectivity index (χ2n) is 7.26. The van der Waals surface area contributed by atoms with E-state index in [1.54, 1.807) is 6.07 Å². The van der Waals surface area contributed by atoms with Crippen molar-refractivity contribution in [1.82, 2.24) is 0 Å². The highest BCUT2D eigenvalue weighted by Crippen LogP contribution is 2.28. The van der Waals surface area contributed by atoms with Crippen molar-refractivity contribution in [3.63, 3.8) is 0 Å². The lowest BCUT2D eigenvalue weighted by Gasteiger charge is -2.13. The summed E-state index contributed by atoms with van der Waals surface area (Å²) in [4.78, 5) is 12.2. The molecular weight excluding hydrogens is 336 g/mol. The highest BCUT2D eigenvalue weighted by atomic mass is 16.5. The zero-order valence-corrected chi connectivity index (χ0v) is 16.9. The predicted molar refractivity (Wildman–Crippen MR) is 110 cm³/mol. The first-order chi connectivity index (χ1) is 13.0. The van der Waals surface area contributed by atoms with E-state index >= 15 is 0 Å². The molecule has 0 amide bonds. The summed E-state index contributed by atoms with van der Waals surface area (Å²) in [6, 6.07) is 11.6. The third-order valence-electron chi connectivity index (χ3n) is 4.77. The molecule has 0 bridgehead atoms. The first kappa shape index (κ1) is 21.0. The van der Waals surface area contributed by atoms with Crippen molar-refractivity contribution in [2.24, 2.45) is 0 Å².